The summed E-state index contributed by atoms with van der Waals surface area (Å²) >= 11 is 0. The van der Waals surface area contributed by atoms with Crippen molar-refractivity contribution in [1.29, 1.82) is 0 Å². The number of carbonyl (C=O) groups excluding carboxylic acids is 2. The molecule has 0 saturated carbocycles. The van der Waals surface area contributed by atoms with Gasteiger partial charge in [0.25, 0.3) is 6.01 Å². The molecule has 0 spiro atoms. The van der Waals surface area contributed by atoms with Gasteiger partial charge in [-0.25, -0.2) is 19.4 Å². The zero-order valence-electron chi connectivity index (χ0n) is 26.0. The first-order valence-corrected chi connectivity index (χ1v) is 14.8. The van der Waals surface area contributed by atoms with Gasteiger partial charge in [-0.05, 0) is 42.7 Å². The number of oxime groups is 1. The van der Waals surface area contributed by atoms with Crippen LogP contribution in [0.25, 0.3) is 22.2 Å². The number of esters is 1. The molecule has 248 valence electrons. The van der Waals surface area contributed by atoms with E-state index in [1.54, 1.807) is 47.0 Å². The van der Waals surface area contributed by atoms with Gasteiger partial charge in [-0.1, -0.05) is 59.8 Å². The molecule has 16 nitrogen and oxygen atoms in total. The monoisotopic (exact) mass is 665 g/mol. The van der Waals surface area contributed by atoms with Gasteiger partial charge in [-0.3, -0.25) is 9.13 Å². The number of ether oxygens (including phenoxy) is 2. The smallest absolute Gasteiger partial charge is 0.465 e. The van der Waals surface area contributed by atoms with Gasteiger partial charge in [0.15, 0.2) is 18.1 Å². The van der Waals surface area contributed by atoms with Crippen LogP contribution in [0, 0.1) is 11.8 Å². The Bertz CT molecular complexity index is 2230. The van der Waals surface area contributed by atoms with Crippen molar-refractivity contribution in [2.45, 2.75) is 27.0 Å². The maximum Gasteiger partial charge on any atom is 0.519 e. The van der Waals surface area contributed by atoms with E-state index in [1.165, 1.54) is 25.6 Å². The summed E-state index contributed by atoms with van der Waals surface area (Å²) in [6.45, 7) is 3.62. The maximum atomic E-state index is 13.3. The van der Waals surface area contributed by atoms with Crippen LogP contribution in [0.4, 0.5) is 4.79 Å². The number of nitrogens with zero attached hydrogens (tertiary/aromatic N) is 7. The van der Waals surface area contributed by atoms with E-state index in [4.69, 9.17) is 18.3 Å². The molecule has 0 atom stereocenters. The lowest BCUT2D eigenvalue weighted by atomic mass is 9.97. The summed E-state index contributed by atoms with van der Waals surface area (Å²) in [5.74, 6) is -1.62. The molecule has 3 heterocycles. The van der Waals surface area contributed by atoms with Gasteiger partial charge in [-0.15, -0.1) is 9.92 Å². The number of nitroso groups, excluding NO2 is 1. The number of para-hydroxylation sites is 1. The maximum absolute atomic E-state index is 13.3. The van der Waals surface area contributed by atoms with E-state index in [0.29, 0.717) is 33.8 Å². The fourth-order valence-electron chi connectivity index (χ4n) is 5.19. The normalized spacial score (nSPS) is 11.4. The molecule has 0 aliphatic rings. The third kappa shape index (κ3) is 6.42. The minimum absolute atomic E-state index is 0.105. The Hall–Kier alpha value is -6.84. The van der Waals surface area contributed by atoms with Crippen LogP contribution in [0.5, 0.6) is 6.01 Å². The molecule has 6 rings (SSSR count). The molecule has 16 heteroatoms. The summed E-state index contributed by atoms with van der Waals surface area (Å²) < 4.78 is 23.9. The highest BCUT2D eigenvalue weighted by atomic mass is 16.6. The molecule has 3 aromatic carbocycles. The van der Waals surface area contributed by atoms with Crippen LogP contribution in [-0.4, -0.2) is 53.8 Å². The fourth-order valence-corrected chi connectivity index (χ4v) is 5.19. The van der Waals surface area contributed by atoms with E-state index >= 15 is 0 Å². The number of hydrogen-bond donors (Lipinski definition) is 1. The second-order valence-corrected chi connectivity index (χ2v) is 10.4. The third-order valence-electron chi connectivity index (χ3n) is 7.45. The zero-order valence-corrected chi connectivity index (χ0v) is 26.0. The number of aromatic nitrogens is 4. The van der Waals surface area contributed by atoms with Crippen LogP contribution >= 0.6 is 0 Å². The Kier molecular flexibility index (Phi) is 9.10. The molecule has 0 bridgehead atoms. The lowest BCUT2D eigenvalue weighted by Gasteiger charge is -2.17. The molecule has 0 fully saturated rings. The van der Waals surface area contributed by atoms with Crippen LogP contribution in [0.3, 0.4) is 0 Å². The Morgan fingerprint density at radius 1 is 1.02 bits per heavy atom. The highest BCUT2D eigenvalue weighted by molar-refractivity contribution is 6.11. The van der Waals surface area contributed by atoms with Crippen LogP contribution in [-0.2, 0) is 17.9 Å². The minimum Gasteiger partial charge on any atom is -0.465 e. The summed E-state index contributed by atoms with van der Waals surface area (Å²) in [6, 6.07) is 18.5. The van der Waals surface area contributed by atoms with E-state index in [2.05, 4.69) is 20.4 Å². The number of fused-ring (bicyclic) bond motifs is 1. The highest BCUT2D eigenvalue weighted by Gasteiger charge is 2.27. The summed E-state index contributed by atoms with van der Waals surface area (Å²) in [7, 11) is 0. The van der Waals surface area contributed by atoms with Gasteiger partial charge < -0.3 is 23.5 Å². The van der Waals surface area contributed by atoms with Crippen LogP contribution in [0.2, 0.25) is 0 Å². The van der Waals surface area contributed by atoms with Gasteiger partial charge in [-0.2, -0.15) is 4.98 Å². The SMILES string of the molecule is CCOc1nc2cccc(C(=O)OCc3oc(=O)oc3C)c2n1Cc1ccc(-c2ccccc2/C(=N/O)N(N=O)C(=O)n2ccnc2)cc1. The number of rotatable bonds is 10. The summed E-state index contributed by atoms with van der Waals surface area (Å²) in [5, 5.41) is 16.4. The first-order chi connectivity index (χ1) is 23.8. The lowest BCUT2D eigenvalue weighted by Crippen LogP contribution is -2.35. The largest absolute Gasteiger partial charge is 0.519 e. The minimum atomic E-state index is -0.894. The van der Waals surface area contributed by atoms with Crippen molar-refractivity contribution in [1.82, 2.24) is 24.1 Å². The van der Waals surface area contributed by atoms with Crippen molar-refractivity contribution in [3.8, 4) is 17.1 Å². The van der Waals surface area contributed by atoms with Crippen LogP contribution in [0.15, 0.2) is 110 Å². The van der Waals surface area contributed by atoms with E-state index in [1.807, 2.05) is 31.2 Å². The highest BCUT2D eigenvalue weighted by Crippen LogP contribution is 2.30. The molecule has 1 N–H and O–H groups in total. The zero-order chi connectivity index (χ0) is 34.5. The van der Waals surface area contributed by atoms with E-state index < -0.39 is 17.8 Å². The standard InChI is InChI=1S/C33H27N7O9/c1-3-46-31-35-26-10-6-9-25(30(41)47-18-27-20(2)48-33(43)49-27)28(26)39(31)17-21-11-13-22(14-12-21)23-7-4-5-8-24(23)29(36-44)40(37-45)32(42)38-16-15-34-19-38/h4-16,19,44H,3,17-18H2,1-2H3/b36-29-. The first kappa shape index (κ1) is 32.1. The van der Waals surface area contributed by atoms with Crippen molar-refractivity contribution in [3.63, 3.8) is 0 Å². The predicted octanol–water partition coefficient (Wildman–Crippen LogP) is 5.35. The van der Waals surface area contributed by atoms with Crippen molar-refractivity contribution >= 4 is 28.9 Å². The van der Waals surface area contributed by atoms with Gasteiger partial charge in [0, 0.05) is 18.0 Å². The van der Waals surface area contributed by atoms with Gasteiger partial charge in [0.05, 0.1) is 35.0 Å². The van der Waals surface area contributed by atoms with E-state index in [9.17, 15) is 24.5 Å². The average molecular weight is 666 g/mol. The number of benzene rings is 3. The van der Waals surface area contributed by atoms with Crippen molar-refractivity contribution in [3.05, 3.63) is 129 Å². The number of amidine groups is 1. The Balaban J connectivity index is 1.30. The summed E-state index contributed by atoms with van der Waals surface area (Å²) in [5.41, 5.74) is 3.49. The second-order valence-electron chi connectivity index (χ2n) is 10.4. The summed E-state index contributed by atoms with van der Waals surface area (Å²) in [6.07, 6.45) is 3.87. The number of aryl methyl sites for hydroxylation is 1. The fraction of sp³-hybridized carbons (Fsp3) is 0.152. The molecule has 6 aromatic rings. The van der Waals surface area contributed by atoms with Gasteiger partial charge >= 0.3 is 17.8 Å². The van der Waals surface area contributed by atoms with Crippen molar-refractivity contribution in [2.75, 3.05) is 6.61 Å². The topological polar surface area (TPSA) is 197 Å². The molecule has 1 amide bonds. The van der Waals surface area contributed by atoms with Crippen LogP contribution < -0.4 is 10.6 Å². The Morgan fingerprint density at radius 2 is 1.80 bits per heavy atom. The van der Waals surface area contributed by atoms with Crippen molar-refractivity contribution < 1.29 is 33.1 Å². The molecular formula is C33H27N7O9. The van der Waals surface area contributed by atoms with E-state index in [-0.39, 0.29) is 47.6 Å². The molecule has 0 unspecified atom stereocenters. The Morgan fingerprint density at radius 3 is 2.47 bits per heavy atom. The average Bonchev–Trinajstić information content (AvgIpc) is 3.85. The third-order valence-corrected chi connectivity index (χ3v) is 7.45. The van der Waals surface area contributed by atoms with Gasteiger partial charge in [0.2, 0.25) is 5.84 Å². The second kappa shape index (κ2) is 13.9. The molecule has 49 heavy (non-hydrogen) atoms. The molecule has 0 radical (unpaired) electrons. The first-order valence-electron chi connectivity index (χ1n) is 14.8. The predicted molar refractivity (Wildman–Crippen MR) is 172 cm³/mol. The molecule has 0 saturated heterocycles. The summed E-state index contributed by atoms with van der Waals surface area (Å²) in [4.78, 5) is 57.7. The molecular weight excluding hydrogens is 638 g/mol. The van der Waals surface area contributed by atoms with Gasteiger partial charge in [0.1, 0.15) is 6.33 Å². The quantitative estimate of drug-likeness (QED) is 0.0495. The number of imidazole rings is 2. The number of amides is 1. The number of hydrogen-bond acceptors (Lipinski definition) is 13. The Labute approximate surface area is 276 Å². The lowest BCUT2D eigenvalue weighted by molar-refractivity contribution is 0.0444. The molecule has 0 aliphatic heterocycles. The van der Waals surface area contributed by atoms with Crippen molar-refractivity contribution in [2.24, 2.45) is 10.4 Å². The molecule has 0 aliphatic carbocycles. The van der Waals surface area contributed by atoms with Crippen LogP contribution in [0.1, 0.15) is 39.9 Å². The van der Waals surface area contributed by atoms with E-state index in [0.717, 1.165) is 10.1 Å². The number of carbonyl (C=O) groups is 2. The molecule has 3 aromatic heterocycles.